The topological polar surface area (TPSA) is 40.5 Å². The van der Waals surface area contributed by atoms with Crippen molar-refractivity contribution in [2.75, 3.05) is 0 Å². The van der Waals surface area contributed by atoms with Crippen molar-refractivity contribution in [2.45, 2.75) is 0 Å². The van der Waals surface area contributed by atoms with Crippen LogP contribution in [0.15, 0.2) is 320 Å². The van der Waals surface area contributed by atoms with Gasteiger partial charge in [-0.1, -0.05) is 313 Å². The first kappa shape index (κ1) is 52.2. The Kier molecular flexibility index (Phi) is 14.1. The molecule has 396 valence electrons. The van der Waals surface area contributed by atoms with Gasteiger partial charge in [0.25, 0.3) is 0 Å². The number of halogens is 1. The van der Waals surface area contributed by atoms with Crippen LogP contribution >= 0.6 is 15.9 Å². The minimum atomic E-state index is -1.53. The van der Waals surface area contributed by atoms with Crippen LogP contribution in [0.4, 0.5) is 0 Å². The molecule has 0 fully saturated rings. The van der Waals surface area contributed by atoms with Gasteiger partial charge in [-0.05, 0) is 165 Å². The smallest absolute Gasteiger partial charge is 0.423 e. The summed E-state index contributed by atoms with van der Waals surface area (Å²) in [4.78, 5) is 0. The van der Waals surface area contributed by atoms with Crippen molar-refractivity contribution in [1.29, 1.82) is 0 Å². The fourth-order valence-electron chi connectivity index (χ4n) is 12.7. The zero-order chi connectivity index (χ0) is 56.5. The molecule has 2 N–H and O–H groups in total. The molecular formula is C80H54BBrO2. The molecular weight excluding hydrogens is 1080 g/mol. The molecule has 0 aliphatic heterocycles. The molecule has 84 heavy (non-hydrogen) atoms. The number of hydrogen-bond donors (Lipinski definition) is 2. The van der Waals surface area contributed by atoms with E-state index in [2.05, 4.69) is 277 Å². The lowest BCUT2D eigenvalue weighted by Crippen LogP contribution is -2.31. The summed E-state index contributed by atoms with van der Waals surface area (Å²) in [7, 11) is -1.53. The highest BCUT2D eigenvalue weighted by atomic mass is 79.9. The highest BCUT2D eigenvalue weighted by molar-refractivity contribution is 9.10. The largest absolute Gasteiger partial charge is 0.489 e. The van der Waals surface area contributed by atoms with Gasteiger partial charge in [-0.2, -0.15) is 0 Å². The summed E-state index contributed by atoms with van der Waals surface area (Å²) in [5.74, 6) is 0. The van der Waals surface area contributed by atoms with Gasteiger partial charge in [-0.25, -0.2) is 0 Å². The Hall–Kier alpha value is -9.94. The molecule has 16 aromatic carbocycles. The van der Waals surface area contributed by atoms with Crippen LogP contribution < -0.4 is 5.46 Å². The summed E-state index contributed by atoms with van der Waals surface area (Å²) in [6.07, 6.45) is 0. The average Bonchev–Trinajstić information content (AvgIpc) is 2.63. The van der Waals surface area contributed by atoms with Crippen LogP contribution in [-0.2, 0) is 0 Å². The highest BCUT2D eigenvalue weighted by Gasteiger charge is 2.23. The zero-order valence-electron chi connectivity index (χ0n) is 45.9. The maximum absolute atomic E-state index is 10.1. The molecule has 4 heteroatoms. The van der Waals surface area contributed by atoms with Gasteiger partial charge in [0.15, 0.2) is 0 Å². The number of hydrogen-bond acceptors (Lipinski definition) is 2. The number of rotatable bonds is 6. The van der Waals surface area contributed by atoms with Crippen molar-refractivity contribution in [3.63, 3.8) is 0 Å². The lowest BCUT2D eigenvalue weighted by Gasteiger charge is -2.19. The van der Waals surface area contributed by atoms with E-state index >= 15 is 0 Å². The summed E-state index contributed by atoms with van der Waals surface area (Å²) in [6.45, 7) is 0. The molecule has 0 heterocycles. The quantitative estimate of drug-likeness (QED) is 0.0990. The normalized spacial score (nSPS) is 11.3. The van der Waals surface area contributed by atoms with Crippen LogP contribution in [0.3, 0.4) is 0 Å². The molecule has 16 aromatic rings. The van der Waals surface area contributed by atoms with Crippen LogP contribution in [0, 0.1) is 0 Å². The van der Waals surface area contributed by atoms with E-state index < -0.39 is 7.12 Å². The molecule has 0 aliphatic carbocycles. The Morgan fingerprint density at radius 2 is 0.536 bits per heavy atom. The summed E-state index contributed by atoms with van der Waals surface area (Å²) in [6, 6.07) is 111. The minimum absolute atomic E-state index is 0.555. The first-order chi connectivity index (χ1) is 41.5. The molecule has 16 rings (SSSR count). The van der Waals surface area contributed by atoms with Crippen molar-refractivity contribution in [2.24, 2.45) is 0 Å². The van der Waals surface area contributed by atoms with E-state index in [1.807, 2.05) is 54.6 Å². The van der Waals surface area contributed by atoms with Crippen LogP contribution in [0.25, 0.3) is 142 Å². The van der Waals surface area contributed by atoms with Crippen LogP contribution in [0.1, 0.15) is 0 Å². The Labute approximate surface area is 497 Å². The lowest BCUT2D eigenvalue weighted by atomic mass is 9.72. The van der Waals surface area contributed by atoms with Crippen molar-refractivity contribution < 1.29 is 10.0 Å². The molecule has 0 aromatic heterocycles. The monoisotopic (exact) mass is 1140 g/mol. The van der Waals surface area contributed by atoms with Gasteiger partial charge in [0.1, 0.15) is 0 Å². The van der Waals surface area contributed by atoms with Gasteiger partial charge in [-0.15, -0.1) is 0 Å². The van der Waals surface area contributed by atoms with E-state index in [9.17, 15) is 10.0 Å². The Balaban J connectivity index is 0.000000124. The molecule has 0 spiro atoms. The standard InChI is InChI=1S/C40H26.C26H19BO2.C14H9Br/c1-2-12-27(13-3-1)29-15-10-16-30(26-29)39-35-18-6-8-20-37(35)40(38-21-9-7-19-36(38)39)34-23-11-22-32-31-17-5-4-14-28(31)24-25-33(32)34;28-27(29)26-23-15-6-4-13-21(23)25(22-14-5-7-16-24(22)26)20-12-8-11-19(17-20)18-9-2-1-3-10-18;15-14-7-3-6-12-11-5-2-1-4-10(11)8-9-13(12)14/h1-26H;1-17,28-29H;1-9H. The maximum atomic E-state index is 10.1. The van der Waals surface area contributed by atoms with Crippen molar-refractivity contribution in [3.8, 4) is 55.6 Å². The molecule has 2 nitrogen and oxygen atoms in total. The van der Waals surface area contributed by atoms with Crippen molar-refractivity contribution in [1.82, 2.24) is 0 Å². The Morgan fingerprint density at radius 3 is 1.00 bits per heavy atom. The summed E-state index contributed by atoms with van der Waals surface area (Å²) < 4.78 is 1.16. The average molecular weight is 1140 g/mol. The van der Waals surface area contributed by atoms with E-state index in [0.29, 0.717) is 5.46 Å². The molecule has 0 bridgehead atoms. The Morgan fingerprint density at radius 1 is 0.214 bits per heavy atom. The summed E-state index contributed by atoms with van der Waals surface area (Å²) >= 11 is 3.58. The van der Waals surface area contributed by atoms with Gasteiger partial charge in [0.2, 0.25) is 0 Å². The van der Waals surface area contributed by atoms with E-state index in [-0.39, 0.29) is 0 Å². The van der Waals surface area contributed by atoms with Crippen LogP contribution in [0.5, 0.6) is 0 Å². The zero-order valence-corrected chi connectivity index (χ0v) is 47.5. The second-order valence-electron chi connectivity index (χ2n) is 21.3. The maximum Gasteiger partial charge on any atom is 0.489 e. The van der Waals surface area contributed by atoms with Crippen molar-refractivity contribution in [3.05, 3.63) is 320 Å². The van der Waals surface area contributed by atoms with Gasteiger partial charge in [-0.3, -0.25) is 0 Å². The third-order valence-corrected chi connectivity index (χ3v) is 17.2. The first-order valence-electron chi connectivity index (χ1n) is 28.5. The lowest BCUT2D eigenvalue weighted by molar-refractivity contribution is 0.426. The molecule has 0 atom stereocenters. The predicted molar refractivity (Wildman–Crippen MR) is 364 cm³/mol. The predicted octanol–water partition coefficient (Wildman–Crippen LogP) is 21.1. The number of benzene rings is 16. The second-order valence-corrected chi connectivity index (χ2v) is 22.2. The van der Waals surface area contributed by atoms with Gasteiger partial charge in [0.05, 0.1) is 0 Å². The molecule has 0 aliphatic rings. The second kappa shape index (κ2) is 22.8. The molecule has 0 amide bonds. The van der Waals surface area contributed by atoms with Crippen molar-refractivity contribution >= 4 is 115 Å². The van der Waals surface area contributed by atoms with Crippen LogP contribution in [-0.4, -0.2) is 17.2 Å². The van der Waals surface area contributed by atoms with Gasteiger partial charge in [0, 0.05) is 4.47 Å². The number of fused-ring (bicyclic) bond motifs is 10. The van der Waals surface area contributed by atoms with Gasteiger partial charge >= 0.3 is 7.12 Å². The van der Waals surface area contributed by atoms with E-state index in [0.717, 1.165) is 42.7 Å². The van der Waals surface area contributed by atoms with E-state index in [1.54, 1.807) is 0 Å². The third kappa shape index (κ3) is 9.66. The fraction of sp³-hybridized carbons (Fsp3) is 0. The van der Waals surface area contributed by atoms with Crippen LogP contribution in [0.2, 0.25) is 0 Å². The SMILES string of the molecule is Brc1cccc2c1ccc1ccccc12.OB(O)c1c2ccccc2c(-c2cccc(-c3ccccc3)c2)c2ccccc12.c1ccc(-c2cccc(-c3c4ccccc4c(-c4cccc5c4ccc4ccccc45)c4ccccc34)c2)cc1. The van der Waals surface area contributed by atoms with E-state index in [1.165, 1.54) is 104 Å². The first-order valence-corrected chi connectivity index (χ1v) is 29.3. The van der Waals surface area contributed by atoms with Gasteiger partial charge < -0.3 is 10.0 Å². The molecule has 0 saturated heterocycles. The summed E-state index contributed by atoms with van der Waals surface area (Å²) in [5, 5.41) is 39.5. The Bertz CT molecular complexity index is 5020. The molecule has 0 radical (unpaired) electrons. The highest BCUT2D eigenvalue weighted by Crippen LogP contribution is 2.47. The molecule has 0 unspecified atom stereocenters. The molecule has 0 saturated carbocycles. The minimum Gasteiger partial charge on any atom is -0.423 e. The summed E-state index contributed by atoms with van der Waals surface area (Å²) in [5.41, 5.74) is 12.7. The van der Waals surface area contributed by atoms with E-state index in [4.69, 9.17) is 0 Å². The third-order valence-electron chi connectivity index (χ3n) is 16.5. The fourth-order valence-corrected chi connectivity index (χ4v) is 13.2.